The van der Waals surface area contributed by atoms with Gasteiger partial charge in [-0.1, -0.05) is 0 Å². The van der Waals surface area contributed by atoms with Crippen molar-refractivity contribution in [3.63, 3.8) is 0 Å². The Balaban J connectivity index is 3.21. The van der Waals surface area contributed by atoms with Gasteiger partial charge >= 0.3 is 0 Å². The van der Waals surface area contributed by atoms with Gasteiger partial charge in [0.15, 0.2) is 0 Å². The van der Waals surface area contributed by atoms with Gasteiger partial charge < -0.3 is 0 Å². The zero-order valence-electron chi connectivity index (χ0n) is 5.66. The molecule has 0 aliphatic rings. The molecule has 64 valence electrons. The van der Waals surface area contributed by atoms with E-state index in [2.05, 4.69) is 0 Å². The van der Waals surface area contributed by atoms with Gasteiger partial charge in [0, 0.05) is 0 Å². The molecule has 0 fully saturated rings. The van der Waals surface area contributed by atoms with Crippen molar-refractivity contribution in [2.24, 2.45) is 0 Å². The van der Waals surface area contributed by atoms with E-state index in [0.717, 1.165) is 12.1 Å². The lowest BCUT2D eigenvalue weighted by Gasteiger charge is -1.96. The fourth-order valence-electron chi connectivity index (χ4n) is 0.698. The van der Waals surface area contributed by atoms with E-state index in [1.165, 1.54) is 6.07 Å². The summed E-state index contributed by atoms with van der Waals surface area (Å²) < 4.78 is 12.5. The molecule has 0 amide bonds. The summed E-state index contributed by atoms with van der Waals surface area (Å²) in [6.07, 6.45) is 0. The molecule has 0 radical (unpaired) electrons. The molecule has 0 bridgehead atoms. The number of hydrogen-bond donors (Lipinski definition) is 0. The van der Waals surface area contributed by atoms with Gasteiger partial charge in [-0.2, -0.15) is 0 Å². The van der Waals surface area contributed by atoms with E-state index in [9.17, 15) is 14.5 Å². The first-order valence-electron chi connectivity index (χ1n) is 2.87. The molecule has 0 unspecified atom stereocenters. The summed E-state index contributed by atoms with van der Waals surface area (Å²) in [7, 11) is 6.01. The van der Waals surface area contributed by atoms with Crippen molar-refractivity contribution in [2.75, 3.05) is 0 Å². The van der Waals surface area contributed by atoms with Crippen LogP contribution < -0.4 is 0 Å². The Bertz CT molecular complexity index is 320. The van der Waals surface area contributed by atoms with Gasteiger partial charge in [-0.15, -0.1) is 0 Å². The lowest BCUT2D eigenvalue weighted by molar-refractivity contribution is -0.387. The van der Waals surface area contributed by atoms with Crippen molar-refractivity contribution in [3.05, 3.63) is 34.1 Å². The summed E-state index contributed by atoms with van der Waals surface area (Å²) in [5.41, 5.74) is -0.310. The SMILES string of the molecule is O=[N+]([O-])c1cc(F)ccc1SCl. The van der Waals surface area contributed by atoms with E-state index in [1.807, 2.05) is 0 Å². The molecular formula is C6H3ClFNO2S. The van der Waals surface area contributed by atoms with Crippen LogP contribution in [0.3, 0.4) is 0 Å². The average Bonchev–Trinajstić information content (AvgIpc) is 2.04. The van der Waals surface area contributed by atoms with Crippen LogP contribution in [0.5, 0.6) is 0 Å². The van der Waals surface area contributed by atoms with Gasteiger partial charge in [0.25, 0.3) is 5.69 Å². The van der Waals surface area contributed by atoms with E-state index >= 15 is 0 Å². The van der Waals surface area contributed by atoms with Crippen molar-refractivity contribution < 1.29 is 9.31 Å². The van der Waals surface area contributed by atoms with Crippen LogP contribution >= 0.6 is 21.7 Å². The van der Waals surface area contributed by atoms with Gasteiger partial charge in [0.1, 0.15) is 10.7 Å². The normalized spacial score (nSPS) is 9.83. The molecule has 0 N–H and O–H groups in total. The van der Waals surface area contributed by atoms with Gasteiger partial charge in [0.05, 0.1) is 11.0 Å². The van der Waals surface area contributed by atoms with E-state index in [-0.39, 0.29) is 10.6 Å². The number of nitro benzene ring substituents is 1. The Morgan fingerprint density at radius 1 is 1.58 bits per heavy atom. The topological polar surface area (TPSA) is 43.1 Å². The Morgan fingerprint density at radius 3 is 2.75 bits per heavy atom. The molecule has 0 saturated carbocycles. The summed E-state index contributed by atoms with van der Waals surface area (Å²) in [6.45, 7) is 0. The van der Waals surface area contributed by atoms with Crippen LogP contribution in [0.1, 0.15) is 0 Å². The Kier molecular flexibility index (Phi) is 2.88. The maximum atomic E-state index is 12.5. The number of nitro groups is 1. The van der Waals surface area contributed by atoms with Crippen LogP contribution in [0.2, 0.25) is 0 Å². The summed E-state index contributed by atoms with van der Waals surface area (Å²) in [5.74, 6) is -0.642. The zero-order valence-corrected chi connectivity index (χ0v) is 7.23. The lowest BCUT2D eigenvalue weighted by atomic mass is 10.3. The largest absolute Gasteiger partial charge is 0.287 e. The molecule has 0 saturated heterocycles. The highest BCUT2D eigenvalue weighted by Crippen LogP contribution is 2.31. The molecule has 3 nitrogen and oxygen atoms in total. The van der Waals surface area contributed by atoms with E-state index < -0.39 is 10.7 Å². The summed E-state index contributed by atoms with van der Waals surface area (Å²) in [5, 5.41) is 10.3. The van der Waals surface area contributed by atoms with Crippen molar-refractivity contribution in [1.82, 2.24) is 0 Å². The third-order valence-corrected chi connectivity index (χ3v) is 2.21. The Labute approximate surface area is 76.2 Å². The highest BCUT2D eigenvalue weighted by atomic mass is 35.7. The van der Waals surface area contributed by atoms with Crippen LogP contribution in [0.15, 0.2) is 23.1 Å². The van der Waals surface area contributed by atoms with Crippen LogP contribution in [-0.4, -0.2) is 4.92 Å². The van der Waals surface area contributed by atoms with Gasteiger partial charge in [-0.3, -0.25) is 10.1 Å². The summed E-state index contributed by atoms with van der Waals surface area (Å²) in [4.78, 5) is 9.87. The standard InChI is InChI=1S/C6H3ClFNO2S/c7-12-6-2-1-4(8)3-5(6)9(10)11/h1-3H. The van der Waals surface area contributed by atoms with Crippen molar-refractivity contribution in [3.8, 4) is 0 Å². The van der Waals surface area contributed by atoms with E-state index in [0.29, 0.717) is 11.0 Å². The quantitative estimate of drug-likeness (QED) is 0.553. The van der Waals surface area contributed by atoms with Gasteiger partial charge in [-0.05, 0) is 33.8 Å². The maximum Gasteiger partial charge on any atom is 0.287 e. The minimum Gasteiger partial charge on any atom is -0.258 e. The molecule has 0 spiro atoms. The molecule has 0 atom stereocenters. The highest BCUT2D eigenvalue weighted by molar-refractivity contribution is 8.21. The van der Waals surface area contributed by atoms with Crippen LogP contribution in [0.4, 0.5) is 10.1 Å². The predicted molar refractivity (Wildman–Crippen MR) is 44.8 cm³/mol. The Hall–Kier alpha value is -0.810. The first-order chi connectivity index (χ1) is 5.65. The monoisotopic (exact) mass is 207 g/mol. The lowest BCUT2D eigenvalue weighted by Crippen LogP contribution is -1.90. The third kappa shape index (κ3) is 1.86. The van der Waals surface area contributed by atoms with Gasteiger partial charge in [0.2, 0.25) is 0 Å². The number of rotatable bonds is 2. The average molecular weight is 208 g/mol. The van der Waals surface area contributed by atoms with Crippen LogP contribution in [0, 0.1) is 15.9 Å². The van der Waals surface area contributed by atoms with Crippen LogP contribution in [-0.2, 0) is 0 Å². The van der Waals surface area contributed by atoms with E-state index in [4.69, 9.17) is 10.7 Å². The molecule has 0 aromatic heterocycles. The third-order valence-electron chi connectivity index (χ3n) is 1.20. The molecule has 1 aromatic rings. The molecule has 1 rings (SSSR count). The summed E-state index contributed by atoms with van der Waals surface area (Å²) in [6, 6.07) is 3.23. The fourth-order valence-corrected chi connectivity index (χ4v) is 1.42. The van der Waals surface area contributed by atoms with Crippen molar-refractivity contribution >= 4 is 27.3 Å². The number of benzene rings is 1. The number of nitrogens with zero attached hydrogens (tertiary/aromatic N) is 1. The minimum absolute atomic E-state index is 0.239. The smallest absolute Gasteiger partial charge is 0.258 e. The molecule has 0 heterocycles. The molecule has 6 heteroatoms. The number of hydrogen-bond acceptors (Lipinski definition) is 3. The minimum atomic E-state index is -0.673. The second-order valence-electron chi connectivity index (χ2n) is 1.95. The molecule has 0 aliphatic heterocycles. The van der Waals surface area contributed by atoms with E-state index in [1.54, 1.807) is 0 Å². The van der Waals surface area contributed by atoms with Gasteiger partial charge in [-0.25, -0.2) is 4.39 Å². The molecule has 1 aromatic carbocycles. The van der Waals surface area contributed by atoms with Crippen LogP contribution in [0.25, 0.3) is 0 Å². The first kappa shape index (κ1) is 9.28. The Morgan fingerprint density at radius 2 is 2.25 bits per heavy atom. The number of halogens is 2. The zero-order chi connectivity index (χ0) is 9.14. The second kappa shape index (κ2) is 3.73. The molecular weight excluding hydrogens is 205 g/mol. The van der Waals surface area contributed by atoms with Crippen molar-refractivity contribution in [1.29, 1.82) is 0 Å². The molecule has 0 aliphatic carbocycles. The maximum absolute atomic E-state index is 12.5. The summed E-state index contributed by atoms with van der Waals surface area (Å²) >= 11 is 0. The first-order valence-corrected chi connectivity index (χ1v) is 4.52. The van der Waals surface area contributed by atoms with Crippen molar-refractivity contribution in [2.45, 2.75) is 4.90 Å². The molecule has 12 heavy (non-hydrogen) atoms. The highest BCUT2D eigenvalue weighted by Gasteiger charge is 2.14. The fraction of sp³-hybridized carbons (Fsp3) is 0. The predicted octanol–water partition coefficient (Wildman–Crippen LogP) is 2.98. The second-order valence-corrected chi connectivity index (χ2v) is 3.00.